The molecule has 0 aliphatic carbocycles. The molecule has 0 unspecified atom stereocenters. The third-order valence-electron chi connectivity index (χ3n) is 5.99. The van der Waals surface area contributed by atoms with Crippen molar-refractivity contribution in [1.29, 1.82) is 0 Å². The standard InChI is InChI=1S/C24H31N3O.3ClH/c28-24(22-10-9-21-8-4-5-12-25-23(21)18-22)11-13-26-14-16-27(17-15-26)19-20-6-2-1-3-7-20;;;/h1-3,6-7,9-10,18,25H,4-5,8,11-17,19H2;3*1H. The molecular formula is C24H34Cl3N3O. The number of rotatable bonds is 6. The highest BCUT2D eigenvalue weighted by atomic mass is 35.5. The van der Waals surface area contributed by atoms with E-state index in [1.165, 1.54) is 24.0 Å². The molecule has 0 saturated carbocycles. The fourth-order valence-corrected chi connectivity index (χ4v) is 4.21. The lowest BCUT2D eigenvalue weighted by molar-refractivity contribution is 0.0922. The van der Waals surface area contributed by atoms with E-state index in [9.17, 15) is 4.79 Å². The van der Waals surface area contributed by atoms with E-state index in [4.69, 9.17) is 0 Å². The fourth-order valence-electron chi connectivity index (χ4n) is 4.21. The molecule has 2 aromatic carbocycles. The van der Waals surface area contributed by atoms with E-state index in [2.05, 4.69) is 57.6 Å². The highest BCUT2D eigenvalue weighted by Crippen LogP contribution is 2.23. The van der Waals surface area contributed by atoms with Gasteiger partial charge in [-0.25, -0.2) is 0 Å². The highest BCUT2D eigenvalue weighted by Gasteiger charge is 2.18. The van der Waals surface area contributed by atoms with Crippen LogP contribution in [-0.2, 0) is 13.0 Å². The van der Waals surface area contributed by atoms with Crippen LogP contribution in [0.5, 0.6) is 0 Å². The topological polar surface area (TPSA) is 35.6 Å². The van der Waals surface area contributed by atoms with Crippen molar-refractivity contribution in [3.05, 3.63) is 65.2 Å². The van der Waals surface area contributed by atoms with E-state index < -0.39 is 0 Å². The first-order chi connectivity index (χ1) is 13.8. The van der Waals surface area contributed by atoms with E-state index in [0.29, 0.717) is 6.42 Å². The second-order valence-electron chi connectivity index (χ2n) is 8.03. The normalized spacial score (nSPS) is 16.4. The Labute approximate surface area is 205 Å². The van der Waals surface area contributed by atoms with Crippen LogP contribution in [0.25, 0.3) is 0 Å². The lowest BCUT2D eigenvalue weighted by Gasteiger charge is -2.34. The van der Waals surface area contributed by atoms with Gasteiger partial charge in [-0.15, -0.1) is 37.2 Å². The summed E-state index contributed by atoms with van der Waals surface area (Å²) in [6, 6.07) is 16.9. The Balaban J connectivity index is 0.00000160. The van der Waals surface area contributed by atoms with Crippen molar-refractivity contribution in [1.82, 2.24) is 9.80 Å². The fraction of sp³-hybridized carbons (Fsp3) is 0.458. The van der Waals surface area contributed by atoms with E-state index >= 15 is 0 Å². The Morgan fingerprint density at radius 1 is 0.871 bits per heavy atom. The maximum Gasteiger partial charge on any atom is 0.164 e. The molecule has 0 amide bonds. The Morgan fingerprint density at radius 3 is 2.32 bits per heavy atom. The van der Waals surface area contributed by atoms with Gasteiger partial charge in [0.15, 0.2) is 5.78 Å². The number of nitrogens with one attached hydrogen (secondary N) is 1. The SMILES string of the molecule is Cl.Cl.Cl.O=C(CCN1CCN(Cc2ccccc2)CC1)c1ccc2c(c1)NCCCC2. The Kier molecular flexibility index (Phi) is 12.5. The zero-order chi connectivity index (χ0) is 19.2. The number of carbonyl (C=O) groups excluding carboxylic acids is 1. The maximum absolute atomic E-state index is 12.7. The van der Waals surface area contributed by atoms with Crippen molar-refractivity contribution in [3.63, 3.8) is 0 Å². The largest absolute Gasteiger partial charge is 0.385 e. The molecular weight excluding hydrogens is 453 g/mol. The van der Waals surface area contributed by atoms with Crippen molar-refractivity contribution in [2.45, 2.75) is 32.2 Å². The van der Waals surface area contributed by atoms with Gasteiger partial charge in [0.1, 0.15) is 0 Å². The van der Waals surface area contributed by atoms with Gasteiger partial charge in [-0.1, -0.05) is 42.5 Å². The molecule has 7 heteroatoms. The Bertz CT molecular complexity index is 796. The van der Waals surface area contributed by atoms with Crippen molar-refractivity contribution in [2.75, 3.05) is 44.6 Å². The summed E-state index contributed by atoms with van der Waals surface area (Å²) in [5, 5.41) is 3.48. The van der Waals surface area contributed by atoms with E-state index in [0.717, 1.165) is 63.5 Å². The van der Waals surface area contributed by atoms with E-state index in [1.807, 2.05) is 6.07 Å². The lowest BCUT2D eigenvalue weighted by Crippen LogP contribution is -2.46. The monoisotopic (exact) mass is 485 g/mol. The zero-order valence-electron chi connectivity index (χ0n) is 17.9. The van der Waals surface area contributed by atoms with Crippen LogP contribution in [0.15, 0.2) is 48.5 Å². The molecule has 4 rings (SSSR count). The van der Waals surface area contributed by atoms with Crippen LogP contribution in [0.1, 0.15) is 40.7 Å². The van der Waals surface area contributed by atoms with Crippen LogP contribution in [-0.4, -0.2) is 54.9 Å². The minimum Gasteiger partial charge on any atom is -0.385 e. The van der Waals surface area contributed by atoms with Gasteiger partial charge < -0.3 is 10.2 Å². The molecule has 1 saturated heterocycles. The summed E-state index contributed by atoms with van der Waals surface area (Å²) in [5.41, 5.74) is 4.75. The number of carbonyl (C=O) groups is 1. The van der Waals surface area contributed by atoms with E-state index in [1.54, 1.807) is 0 Å². The summed E-state index contributed by atoms with van der Waals surface area (Å²) in [5.74, 6) is 0.264. The Morgan fingerprint density at radius 2 is 1.58 bits per heavy atom. The molecule has 2 aromatic rings. The number of hydrogen-bond donors (Lipinski definition) is 1. The van der Waals surface area contributed by atoms with Crippen LogP contribution >= 0.6 is 37.2 Å². The summed E-state index contributed by atoms with van der Waals surface area (Å²) in [7, 11) is 0. The number of halogens is 3. The Hall–Kier alpha value is -1.30. The molecule has 172 valence electrons. The third kappa shape index (κ3) is 7.96. The maximum atomic E-state index is 12.7. The van der Waals surface area contributed by atoms with Gasteiger partial charge in [-0.05, 0) is 36.5 Å². The first-order valence-electron chi connectivity index (χ1n) is 10.7. The van der Waals surface area contributed by atoms with Gasteiger partial charge >= 0.3 is 0 Å². The molecule has 2 heterocycles. The summed E-state index contributed by atoms with van der Waals surface area (Å²) < 4.78 is 0. The minimum atomic E-state index is 0. The molecule has 0 aromatic heterocycles. The van der Waals surface area contributed by atoms with Gasteiger partial charge in [0, 0.05) is 63.5 Å². The molecule has 0 bridgehead atoms. The van der Waals surface area contributed by atoms with Gasteiger partial charge in [-0.2, -0.15) is 0 Å². The molecule has 0 atom stereocenters. The van der Waals surface area contributed by atoms with Gasteiger partial charge in [0.2, 0.25) is 0 Å². The second-order valence-corrected chi connectivity index (χ2v) is 8.03. The first kappa shape index (κ1) is 27.7. The molecule has 0 radical (unpaired) electrons. The first-order valence-corrected chi connectivity index (χ1v) is 10.7. The number of aryl methyl sites for hydroxylation is 1. The second kappa shape index (κ2) is 14.0. The zero-order valence-corrected chi connectivity index (χ0v) is 20.4. The summed E-state index contributed by atoms with van der Waals surface area (Å²) in [4.78, 5) is 17.6. The lowest BCUT2D eigenvalue weighted by atomic mass is 10.0. The van der Waals surface area contributed by atoms with E-state index in [-0.39, 0.29) is 43.0 Å². The van der Waals surface area contributed by atoms with Gasteiger partial charge in [0.05, 0.1) is 0 Å². The number of Topliss-reactive ketones (excluding diaryl/α,β-unsaturated/α-hetero) is 1. The van der Waals surface area contributed by atoms with Crippen LogP contribution in [0.4, 0.5) is 5.69 Å². The van der Waals surface area contributed by atoms with Gasteiger partial charge in [-0.3, -0.25) is 9.69 Å². The van der Waals surface area contributed by atoms with Crippen molar-refractivity contribution in [2.24, 2.45) is 0 Å². The van der Waals surface area contributed by atoms with Crippen LogP contribution < -0.4 is 5.32 Å². The minimum absolute atomic E-state index is 0. The summed E-state index contributed by atoms with van der Waals surface area (Å²) in [6.45, 7) is 7.14. The highest BCUT2D eigenvalue weighted by molar-refractivity contribution is 5.97. The van der Waals surface area contributed by atoms with Crippen molar-refractivity contribution in [3.8, 4) is 0 Å². The van der Waals surface area contributed by atoms with Crippen LogP contribution in [0.3, 0.4) is 0 Å². The third-order valence-corrected chi connectivity index (χ3v) is 5.99. The molecule has 2 aliphatic heterocycles. The molecule has 1 N–H and O–H groups in total. The number of ketones is 1. The molecule has 0 spiro atoms. The number of hydrogen-bond acceptors (Lipinski definition) is 4. The van der Waals surface area contributed by atoms with Gasteiger partial charge in [0.25, 0.3) is 0 Å². The van der Waals surface area contributed by atoms with Crippen LogP contribution in [0.2, 0.25) is 0 Å². The van der Waals surface area contributed by atoms with Crippen molar-refractivity contribution < 1.29 is 4.79 Å². The molecule has 1 fully saturated rings. The molecule has 2 aliphatic rings. The molecule has 4 nitrogen and oxygen atoms in total. The number of nitrogens with zero attached hydrogens (tertiary/aromatic N) is 2. The summed E-state index contributed by atoms with van der Waals surface area (Å²) >= 11 is 0. The average molecular weight is 487 g/mol. The number of benzene rings is 2. The predicted octanol–water partition coefficient (Wildman–Crippen LogP) is 5.09. The number of piperazine rings is 1. The van der Waals surface area contributed by atoms with Crippen molar-refractivity contribution >= 4 is 48.7 Å². The smallest absolute Gasteiger partial charge is 0.164 e. The number of fused-ring (bicyclic) bond motifs is 1. The average Bonchev–Trinajstić information content (AvgIpc) is 2.98. The van der Waals surface area contributed by atoms with Crippen LogP contribution in [0, 0.1) is 0 Å². The predicted molar refractivity (Wildman–Crippen MR) is 137 cm³/mol. The number of anilines is 1. The summed E-state index contributed by atoms with van der Waals surface area (Å²) in [6.07, 6.45) is 4.15. The quantitative estimate of drug-likeness (QED) is 0.577. The molecule has 31 heavy (non-hydrogen) atoms.